The minimum Gasteiger partial charge on any atom is -0.505 e. The Labute approximate surface area is 771 Å². The highest BCUT2D eigenvalue weighted by Gasteiger charge is 2.47. The molecule has 126 heavy (non-hydrogen) atoms. The van der Waals surface area contributed by atoms with Crippen molar-refractivity contribution in [1.29, 1.82) is 0 Å². The maximum Gasteiger partial charge on any atom is 0.434 e. The van der Waals surface area contributed by atoms with Crippen LogP contribution in [-0.4, -0.2) is 66.8 Å². The predicted molar refractivity (Wildman–Crippen MR) is 520 cm³/mol. The molecule has 7 aliphatic rings. The lowest BCUT2D eigenvalue weighted by molar-refractivity contribution is -0.116. The first-order valence-electron chi connectivity index (χ1n) is 43.6. The van der Waals surface area contributed by atoms with Crippen molar-refractivity contribution in [2.24, 2.45) is 15.3 Å². The summed E-state index contributed by atoms with van der Waals surface area (Å²) in [5.41, 5.74) is 23.1. The topological polar surface area (TPSA) is 238 Å². The summed E-state index contributed by atoms with van der Waals surface area (Å²) in [4.78, 5) is 73.5. The highest BCUT2D eigenvalue weighted by Crippen LogP contribution is 2.55. The minimum absolute atomic E-state index is 0.00481. The second kappa shape index (κ2) is 35.1. The van der Waals surface area contributed by atoms with Crippen molar-refractivity contribution in [3.8, 4) is 22.6 Å². The summed E-state index contributed by atoms with van der Waals surface area (Å²) < 4.78 is 15.8. The van der Waals surface area contributed by atoms with Gasteiger partial charge in [-0.05, 0) is 312 Å². The Morgan fingerprint density at radius 2 is 0.952 bits per heavy atom. The number of amides is 3. The van der Waals surface area contributed by atoms with Crippen LogP contribution in [0.15, 0.2) is 185 Å². The molecule has 18 nitrogen and oxygen atoms in total. The SMILES string of the molecule is CC(C)(C)OC(=O)NN(C(=O)OC(C)(C)C)c1ccc2c(c1)C(C)(C)CC2(C)C.CC1(C)CC(=O)c2ccc(Br)cc21.CC1(C)CC(C)(C)c2cc(Br)ccc21.CC1(C)CCc2ccc(Br)cc21.CC1=NN(c2ccc3c(c2)C(C)(C)CC3(C)C)C(=O)C1.Cc1[nH]n(-c2ccc3c(c2)C(C)(C)CC3(C)C)c(=O)c1N=Nc1cccc(-c2cccc(C(=O)O)c2)c1O. The molecule has 8 aromatic carbocycles. The second-order valence-electron chi connectivity index (χ2n) is 43.6. The van der Waals surface area contributed by atoms with Crippen LogP contribution < -0.4 is 21.0 Å². The number of aryl methyl sites for hydroxylation is 2. The van der Waals surface area contributed by atoms with Crippen molar-refractivity contribution < 1.29 is 43.7 Å². The summed E-state index contributed by atoms with van der Waals surface area (Å²) in [5, 5.41) is 38.7. The number of carbonyl (C=O) groups is 5. The quantitative estimate of drug-likeness (QED) is 0.0869. The third kappa shape index (κ3) is 21.4. The standard InChI is InChI=1S/C30H30N4O4.C23H36N2O4.C17H22N2O.C13H17Br.C11H11BrO.C11H13Br/c1-17-25(27(36)34(33-17)20-12-13-22-23(15-20)30(4,5)16-29(22,2)3)32-31-24-11-7-10-21(26(24)35)18-8-6-9-19(14-18)28(37)38;1-20(2,3)28-18(26)24-25(19(27)29-21(4,5)6)15-11-12-16-17(13-15)23(9,10)14-22(16,7)8;1-11-8-15(20)19(18-11)12-6-7-13-14(9-12)17(4,5)10-16(13,2)3;1-12(2)8-13(3,4)11-7-9(14)5-6-10(11)12;1-11(2)6-10(13)8-4-3-7(12)5-9(8)11;1-11(2)6-5-8-3-4-9(12)7-10(8)11/h6-15,33,35H,16H2,1-5H3,(H,37,38);11-13H,14H2,1-10H3,(H,24,26);6-7,9H,8,10H2,1-5H3;5-7H,8H2,1-4H3;3-5H,6H2,1-2H3;3-4,7H,5-6H2,1-2H3. The van der Waals surface area contributed by atoms with Crippen molar-refractivity contribution in [3.05, 3.63) is 253 Å². The third-order valence-electron chi connectivity index (χ3n) is 25.4. The first-order chi connectivity index (χ1) is 57.9. The molecule has 0 spiro atoms. The Bertz CT molecular complexity index is 5890. The molecule has 670 valence electrons. The lowest BCUT2D eigenvalue weighted by Gasteiger charge is -2.29. The number of carbonyl (C=O) groups excluding carboxylic acids is 4. The zero-order valence-electron chi connectivity index (χ0n) is 79.1. The van der Waals surface area contributed by atoms with Crippen LogP contribution in [0.25, 0.3) is 16.8 Å². The Hall–Kier alpha value is -9.57. The van der Waals surface area contributed by atoms with Crippen LogP contribution in [0.3, 0.4) is 0 Å². The van der Waals surface area contributed by atoms with Gasteiger partial charge in [0, 0.05) is 36.7 Å². The lowest BCUT2D eigenvalue weighted by Crippen LogP contribution is -2.50. The molecule has 0 bridgehead atoms. The fraction of sp³-hybridized carbons (Fsp3) is 0.457. The Morgan fingerprint density at radius 1 is 0.492 bits per heavy atom. The number of azo groups is 1. The highest BCUT2D eigenvalue weighted by atomic mass is 79.9. The van der Waals surface area contributed by atoms with Gasteiger partial charge in [0.2, 0.25) is 0 Å². The maximum atomic E-state index is 13.3. The molecular formula is C105H129Br3N8O10. The number of ketones is 1. The molecule has 1 aromatic heterocycles. The van der Waals surface area contributed by atoms with E-state index in [2.05, 4.69) is 279 Å². The molecule has 2 heterocycles. The number of hydrogen-bond acceptors (Lipinski definition) is 12. The van der Waals surface area contributed by atoms with Crippen molar-refractivity contribution in [2.75, 3.05) is 10.0 Å². The molecular weight excluding hydrogens is 1770 g/mol. The van der Waals surface area contributed by atoms with Gasteiger partial charge in [-0.3, -0.25) is 19.5 Å². The number of Topliss-reactive ketones (excluding diaryl/α,β-unsaturated/α-hetero) is 1. The summed E-state index contributed by atoms with van der Waals surface area (Å²) >= 11 is 10.5. The van der Waals surface area contributed by atoms with E-state index in [-0.39, 0.29) is 77.8 Å². The van der Waals surface area contributed by atoms with E-state index in [1.54, 1.807) is 83.8 Å². The molecule has 21 heteroatoms. The van der Waals surface area contributed by atoms with Crippen molar-refractivity contribution in [2.45, 2.75) is 311 Å². The van der Waals surface area contributed by atoms with Crippen LogP contribution in [0.5, 0.6) is 5.75 Å². The van der Waals surface area contributed by atoms with Crippen LogP contribution >= 0.6 is 47.8 Å². The number of halogens is 3. The summed E-state index contributed by atoms with van der Waals surface area (Å²) in [6.45, 7) is 59.5. The maximum absolute atomic E-state index is 13.3. The molecule has 0 unspecified atom stereocenters. The Kier molecular flexibility index (Phi) is 27.1. The summed E-state index contributed by atoms with van der Waals surface area (Å²) in [7, 11) is 0. The summed E-state index contributed by atoms with van der Waals surface area (Å²) in [6.07, 6.45) is 6.63. The number of aromatic amines is 1. The second-order valence-corrected chi connectivity index (χ2v) is 46.4. The number of phenolic OH excluding ortho intramolecular Hbond substituents is 1. The number of ether oxygens (including phenoxy) is 2. The van der Waals surface area contributed by atoms with E-state index in [0.29, 0.717) is 51.6 Å². The number of hydrazine groups is 1. The average molecular weight is 1900 g/mol. The molecule has 16 rings (SSSR count). The molecule has 4 N–H and O–H groups in total. The molecule has 9 aromatic rings. The number of carboxylic acid groups (broad SMARTS) is 1. The number of benzene rings is 8. The van der Waals surface area contributed by atoms with Gasteiger partial charge in [0.15, 0.2) is 17.2 Å². The number of rotatable bonds is 7. The van der Waals surface area contributed by atoms with Gasteiger partial charge in [-0.2, -0.15) is 10.1 Å². The third-order valence-corrected chi connectivity index (χ3v) is 26.9. The normalized spacial score (nSPS) is 18.6. The smallest absolute Gasteiger partial charge is 0.434 e. The Balaban J connectivity index is 0.000000155. The zero-order valence-corrected chi connectivity index (χ0v) is 83.8. The molecule has 3 amide bonds. The fourth-order valence-electron chi connectivity index (χ4n) is 20.5. The van der Waals surface area contributed by atoms with Crippen molar-refractivity contribution >= 4 is 106 Å². The molecule has 0 atom stereocenters. The molecule has 0 radical (unpaired) electrons. The fourth-order valence-corrected chi connectivity index (χ4v) is 21.6. The van der Waals surface area contributed by atoms with E-state index in [1.165, 1.54) is 106 Å². The van der Waals surface area contributed by atoms with E-state index in [1.807, 2.05) is 49.4 Å². The van der Waals surface area contributed by atoms with Gasteiger partial charge < -0.3 is 19.7 Å². The predicted octanol–water partition coefficient (Wildman–Crippen LogP) is 27.9. The van der Waals surface area contributed by atoms with Crippen molar-refractivity contribution in [1.82, 2.24) is 15.2 Å². The molecule has 1 aliphatic heterocycles. The van der Waals surface area contributed by atoms with E-state index in [4.69, 9.17) is 9.47 Å². The molecule has 6 aliphatic carbocycles. The number of aromatic carboxylic acids is 1. The number of phenols is 1. The van der Waals surface area contributed by atoms with Crippen LogP contribution in [-0.2, 0) is 74.8 Å². The van der Waals surface area contributed by atoms with Crippen LogP contribution in [0.2, 0.25) is 0 Å². The molecule has 0 saturated carbocycles. The molecule has 0 fully saturated rings. The van der Waals surface area contributed by atoms with Crippen LogP contribution in [0.1, 0.15) is 319 Å². The van der Waals surface area contributed by atoms with Gasteiger partial charge in [0.25, 0.3) is 11.5 Å². The largest absolute Gasteiger partial charge is 0.505 e. The minimum atomic E-state index is -1.06. The number of hydrogen-bond donors (Lipinski definition) is 4. The number of hydrazone groups is 1. The molecule has 0 saturated heterocycles. The average Bonchev–Trinajstić information content (AvgIpc) is 1.61. The summed E-state index contributed by atoms with van der Waals surface area (Å²) in [5.74, 6) is -0.877. The Morgan fingerprint density at radius 3 is 1.48 bits per heavy atom. The first kappa shape index (κ1) is 97.1. The highest BCUT2D eigenvalue weighted by molar-refractivity contribution is 9.11. The van der Waals surface area contributed by atoms with Gasteiger partial charge in [-0.15, -0.1) is 10.2 Å². The van der Waals surface area contributed by atoms with Crippen LogP contribution in [0, 0.1) is 6.92 Å². The number of fused-ring (bicyclic) bond motifs is 6. The number of nitrogens with one attached hydrogen (secondary N) is 2. The number of carboxylic acids is 1. The number of nitrogens with zero attached hydrogens (tertiary/aromatic N) is 6. The van der Waals surface area contributed by atoms with Gasteiger partial charge in [-0.1, -0.05) is 241 Å². The van der Waals surface area contributed by atoms with E-state index >= 15 is 0 Å². The lowest BCUT2D eigenvalue weighted by atomic mass is 9.82. The van der Waals surface area contributed by atoms with Gasteiger partial charge >= 0.3 is 18.2 Å². The monoisotopic (exact) mass is 1900 g/mol. The number of anilines is 2. The van der Waals surface area contributed by atoms with Gasteiger partial charge in [-0.25, -0.2) is 29.5 Å². The van der Waals surface area contributed by atoms with E-state index < -0.39 is 29.4 Å². The van der Waals surface area contributed by atoms with E-state index in [9.17, 15) is 39.0 Å². The first-order valence-corrected chi connectivity index (χ1v) is 46.0. The number of aromatic hydroxyl groups is 1. The van der Waals surface area contributed by atoms with E-state index in [0.717, 1.165) is 51.4 Å². The van der Waals surface area contributed by atoms with Gasteiger partial charge in [0.1, 0.15) is 16.9 Å². The number of H-pyrrole nitrogens is 1. The van der Waals surface area contributed by atoms with Crippen molar-refractivity contribution in [3.63, 3.8) is 0 Å². The number of aromatic nitrogens is 2. The van der Waals surface area contributed by atoms with Gasteiger partial charge in [0.05, 0.1) is 34.7 Å². The zero-order chi connectivity index (χ0) is 93.5. The van der Waals surface area contributed by atoms with Crippen LogP contribution in [0.4, 0.5) is 32.3 Å². The number of para-hydroxylation sites is 1. The summed E-state index contributed by atoms with van der Waals surface area (Å²) in [6, 6.07) is 48.8.